The van der Waals surface area contributed by atoms with E-state index in [9.17, 15) is 0 Å². The van der Waals surface area contributed by atoms with Crippen LogP contribution in [0.1, 0.15) is 36.1 Å². The highest BCUT2D eigenvalue weighted by Crippen LogP contribution is 2.41. The quantitative estimate of drug-likeness (QED) is 0.925. The molecule has 3 heteroatoms. The molecule has 0 aromatic heterocycles. The number of methoxy groups -OCH3 is 1. The van der Waals surface area contributed by atoms with Gasteiger partial charge in [0, 0.05) is 22.0 Å². The van der Waals surface area contributed by atoms with Crippen LogP contribution in [0.15, 0.2) is 4.47 Å². The predicted octanol–water partition coefficient (Wildman–Crippen LogP) is 3.62. The molecule has 0 fully saturated rings. The first kappa shape index (κ1) is 14.5. The molecule has 0 saturated carbocycles. The molecule has 0 aliphatic rings. The summed E-state index contributed by atoms with van der Waals surface area (Å²) in [7, 11) is 1.73. The van der Waals surface area contributed by atoms with Crippen molar-refractivity contribution in [3.63, 3.8) is 0 Å². The van der Waals surface area contributed by atoms with Crippen molar-refractivity contribution in [3.05, 3.63) is 26.7 Å². The lowest BCUT2D eigenvalue weighted by molar-refractivity contribution is 0.389. The Labute approximate surface area is 113 Å². The van der Waals surface area contributed by atoms with E-state index < -0.39 is 0 Å². The molecule has 0 heterocycles. The van der Waals surface area contributed by atoms with Gasteiger partial charge in [-0.25, -0.2) is 0 Å². The second-order valence-corrected chi connectivity index (χ2v) is 5.98. The predicted molar refractivity (Wildman–Crippen MR) is 77.0 cm³/mol. The molecule has 2 nitrogen and oxygen atoms in total. The molecule has 0 atom stereocenters. The van der Waals surface area contributed by atoms with Crippen molar-refractivity contribution in [1.29, 1.82) is 0 Å². The fraction of sp³-hybridized carbons (Fsp3) is 0.571. The van der Waals surface area contributed by atoms with Crippen molar-refractivity contribution in [3.8, 4) is 5.75 Å². The van der Waals surface area contributed by atoms with Crippen LogP contribution < -0.4 is 10.5 Å². The highest BCUT2D eigenvalue weighted by molar-refractivity contribution is 9.10. The summed E-state index contributed by atoms with van der Waals surface area (Å²) in [5.41, 5.74) is 10.7. The van der Waals surface area contributed by atoms with Crippen LogP contribution in [0.4, 0.5) is 0 Å². The van der Waals surface area contributed by atoms with E-state index in [0.717, 1.165) is 10.2 Å². The highest BCUT2D eigenvalue weighted by atomic mass is 79.9. The van der Waals surface area contributed by atoms with Gasteiger partial charge in [0.15, 0.2) is 0 Å². The van der Waals surface area contributed by atoms with Crippen LogP contribution in [-0.2, 0) is 5.41 Å². The molecule has 96 valence electrons. The van der Waals surface area contributed by atoms with Crippen LogP contribution in [-0.4, -0.2) is 13.7 Å². The fourth-order valence-electron chi connectivity index (χ4n) is 2.26. The Morgan fingerprint density at radius 3 is 2.06 bits per heavy atom. The molecular formula is C14H22BrNO. The molecular weight excluding hydrogens is 278 g/mol. The zero-order valence-electron chi connectivity index (χ0n) is 11.6. The van der Waals surface area contributed by atoms with E-state index in [0.29, 0.717) is 6.54 Å². The maximum Gasteiger partial charge on any atom is 0.126 e. The molecule has 0 spiro atoms. The Kier molecular flexibility index (Phi) is 4.26. The summed E-state index contributed by atoms with van der Waals surface area (Å²) >= 11 is 3.67. The number of hydrogen-bond donors (Lipinski definition) is 1. The van der Waals surface area contributed by atoms with Crippen molar-refractivity contribution in [1.82, 2.24) is 0 Å². The molecule has 0 amide bonds. The summed E-state index contributed by atoms with van der Waals surface area (Å²) < 4.78 is 6.76. The van der Waals surface area contributed by atoms with E-state index in [1.807, 2.05) is 0 Å². The van der Waals surface area contributed by atoms with Crippen molar-refractivity contribution >= 4 is 15.9 Å². The standard InChI is InChI=1S/C14H22BrNO/c1-8-9(2)13(17-6)11(10(3)12(8)15)14(4,5)7-16/h7,16H2,1-6H3. The smallest absolute Gasteiger partial charge is 0.126 e. The highest BCUT2D eigenvalue weighted by Gasteiger charge is 2.28. The molecule has 17 heavy (non-hydrogen) atoms. The minimum atomic E-state index is -0.0869. The van der Waals surface area contributed by atoms with Gasteiger partial charge in [-0.3, -0.25) is 0 Å². The number of halogens is 1. The van der Waals surface area contributed by atoms with Crippen LogP contribution in [0.25, 0.3) is 0 Å². The lowest BCUT2D eigenvalue weighted by Crippen LogP contribution is -2.30. The summed E-state index contributed by atoms with van der Waals surface area (Å²) in [5, 5.41) is 0. The summed E-state index contributed by atoms with van der Waals surface area (Å²) in [6, 6.07) is 0. The van der Waals surface area contributed by atoms with Gasteiger partial charge in [0.2, 0.25) is 0 Å². The van der Waals surface area contributed by atoms with Crippen molar-refractivity contribution in [2.45, 2.75) is 40.0 Å². The Balaban J connectivity index is 3.70. The van der Waals surface area contributed by atoms with Crippen LogP contribution in [0, 0.1) is 20.8 Å². The van der Waals surface area contributed by atoms with Crippen LogP contribution >= 0.6 is 15.9 Å². The number of ether oxygens (including phenoxy) is 1. The first-order valence-corrected chi connectivity index (χ1v) is 6.61. The van der Waals surface area contributed by atoms with Crippen LogP contribution in [0.2, 0.25) is 0 Å². The topological polar surface area (TPSA) is 35.2 Å². The second kappa shape index (κ2) is 4.99. The first-order chi connectivity index (χ1) is 7.77. The van der Waals surface area contributed by atoms with Gasteiger partial charge < -0.3 is 10.5 Å². The molecule has 1 aromatic rings. The number of benzene rings is 1. The van der Waals surface area contributed by atoms with E-state index in [4.69, 9.17) is 10.5 Å². The molecule has 0 aliphatic carbocycles. The van der Waals surface area contributed by atoms with Gasteiger partial charge in [0.1, 0.15) is 5.75 Å². The monoisotopic (exact) mass is 299 g/mol. The minimum Gasteiger partial charge on any atom is -0.496 e. The zero-order chi connectivity index (χ0) is 13.4. The van der Waals surface area contributed by atoms with E-state index in [1.54, 1.807) is 7.11 Å². The third kappa shape index (κ3) is 2.36. The average Bonchev–Trinajstić information content (AvgIpc) is 2.30. The van der Waals surface area contributed by atoms with Gasteiger partial charge in [0.25, 0.3) is 0 Å². The van der Waals surface area contributed by atoms with Gasteiger partial charge in [-0.2, -0.15) is 0 Å². The molecule has 1 rings (SSSR count). The molecule has 2 N–H and O–H groups in total. The summed E-state index contributed by atoms with van der Waals surface area (Å²) in [5.74, 6) is 0.971. The van der Waals surface area contributed by atoms with Crippen LogP contribution in [0.3, 0.4) is 0 Å². The number of hydrogen-bond acceptors (Lipinski definition) is 2. The Bertz CT molecular complexity index is 439. The molecule has 0 aliphatic heterocycles. The summed E-state index contributed by atoms with van der Waals surface area (Å²) in [6.07, 6.45) is 0. The van der Waals surface area contributed by atoms with Gasteiger partial charge in [0.05, 0.1) is 7.11 Å². The van der Waals surface area contributed by atoms with Crippen molar-refractivity contribution in [2.75, 3.05) is 13.7 Å². The molecule has 0 unspecified atom stereocenters. The van der Waals surface area contributed by atoms with Gasteiger partial charge >= 0.3 is 0 Å². The van der Waals surface area contributed by atoms with E-state index in [2.05, 4.69) is 50.5 Å². The maximum atomic E-state index is 5.90. The number of rotatable bonds is 3. The largest absolute Gasteiger partial charge is 0.496 e. The van der Waals surface area contributed by atoms with E-state index in [-0.39, 0.29) is 5.41 Å². The summed E-state index contributed by atoms with van der Waals surface area (Å²) in [6.45, 7) is 11.2. The van der Waals surface area contributed by atoms with Crippen molar-refractivity contribution in [2.24, 2.45) is 5.73 Å². The van der Waals surface area contributed by atoms with Gasteiger partial charge in [-0.1, -0.05) is 29.8 Å². The fourth-order valence-corrected chi connectivity index (χ4v) is 2.75. The number of nitrogens with two attached hydrogens (primary N) is 1. The molecule has 1 aromatic carbocycles. The SMILES string of the molecule is COc1c(C)c(C)c(Br)c(C)c1C(C)(C)CN. The first-order valence-electron chi connectivity index (χ1n) is 5.81. The van der Waals surface area contributed by atoms with E-state index in [1.165, 1.54) is 22.3 Å². The Morgan fingerprint density at radius 2 is 1.65 bits per heavy atom. The lowest BCUT2D eigenvalue weighted by Gasteiger charge is -2.30. The third-order valence-electron chi connectivity index (χ3n) is 3.55. The van der Waals surface area contributed by atoms with Gasteiger partial charge in [-0.05, 0) is 37.5 Å². The Morgan fingerprint density at radius 1 is 1.12 bits per heavy atom. The zero-order valence-corrected chi connectivity index (χ0v) is 13.2. The molecule has 0 bridgehead atoms. The normalized spacial score (nSPS) is 11.8. The molecule has 0 radical (unpaired) electrons. The molecule has 0 saturated heterocycles. The Hall–Kier alpha value is -0.540. The van der Waals surface area contributed by atoms with E-state index >= 15 is 0 Å². The van der Waals surface area contributed by atoms with Crippen LogP contribution in [0.5, 0.6) is 5.75 Å². The third-order valence-corrected chi connectivity index (χ3v) is 4.74. The summed E-state index contributed by atoms with van der Waals surface area (Å²) in [4.78, 5) is 0. The lowest BCUT2D eigenvalue weighted by atomic mass is 9.79. The average molecular weight is 300 g/mol. The second-order valence-electron chi connectivity index (χ2n) is 5.19. The minimum absolute atomic E-state index is 0.0869. The maximum absolute atomic E-state index is 5.90. The van der Waals surface area contributed by atoms with Gasteiger partial charge in [-0.15, -0.1) is 0 Å². The van der Waals surface area contributed by atoms with Crippen molar-refractivity contribution < 1.29 is 4.74 Å².